The van der Waals surface area contributed by atoms with E-state index in [9.17, 15) is 0 Å². The first-order valence-corrected chi connectivity index (χ1v) is 18.5. The number of anilines is 3. The number of hydrogen-bond donors (Lipinski definition) is 0. The average molecular weight is 736 g/mol. The monoisotopic (exact) mass is 735 g/mol. The molecule has 0 aromatic heterocycles. The third kappa shape index (κ3) is 8.69. The molecule has 0 heterocycles. The number of rotatable bonds is 13. The third-order valence-corrected chi connectivity index (χ3v) is 9.82. The lowest BCUT2D eigenvalue weighted by atomic mass is 9.95. The molecule has 0 unspecified atom stereocenters. The molecule has 0 aliphatic heterocycles. The van der Waals surface area contributed by atoms with E-state index in [1.165, 1.54) is 5.56 Å². The number of benzene rings is 7. The number of nitrogens with zero attached hydrogens (tertiary/aromatic N) is 1. The van der Waals surface area contributed by atoms with Crippen LogP contribution >= 0.6 is 0 Å². The zero-order valence-electron chi connectivity index (χ0n) is 32.4. The van der Waals surface area contributed by atoms with Crippen LogP contribution in [-0.4, -0.2) is 28.4 Å². The van der Waals surface area contributed by atoms with Gasteiger partial charge in [0.2, 0.25) is 0 Å². The quantitative estimate of drug-likeness (QED) is 0.110. The summed E-state index contributed by atoms with van der Waals surface area (Å²) in [6, 6.07) is 58.8. The van der Waals surface area contributed by atoms with Crippen molar-refractivity contribution in [3.8, 4) is 23.0 Å². The van der Waals surface area contributed by atoms with E-state index in [0.29, 0.717) is 0 Å². The Morgan fingerprint density at radius 1 is 0.339 bits per heavy atom. The van der Waals surface area contributed by atoms with Crippen LogP contribution in [0.4, 0.5) is 17.1 Å². The summed E-state index contributed by atoms with van der Waals surface area (Å²) >= 11 is 0. The number of aryl methyl sites for hydroxylation is 1. The second-order valence-corrected chi connectivity index (χ2v) is 13.4. The summed E-state index contributed by atoms with van der Waals surface area (Å²) in [5.74, 6) is 3.29. The van der Waals surface area contributed by atoms with Gasteiger partial charge in [0.25, 0.3) is 0 Å². The molecule has 0 bridgehead atoms. The van der Waals surface area contributed by atoms with E-state index in [1.54, 1.807) is 28.4 Å². The molecule has 0 saturated carbocycles. The van der Waals surface area contributed by atoms with Crippen LogP contribution in [0.1, 0.15) is 38.9 Å². The van der Waals surface area contributed by atoms with Crippen molar-refractivity contribution in [2.75, 3.05) is 33.3 Å². The summed E-state index contributed by atoms with van der Waals surface area (Å²) in [6.45, 7) is 2.11. The molecule has 7 aromatic carbocycles. The van der Waals surface area contributed by atoms with E-state index in [1.807, 2.05) is 48.5 Å². The Balaban J connectivity index is 1.24. The highest BCUT2D eigenvalue weighted by Gasteiger charge is 2.14. The molecule has 7 rings (SSSR count). The molecular weight excluding hydrogens is 691 g/mol. The Kier molecular flexibility index (Phi) is 11.6. The standard InChI is InChI=1S/C51H45NO4/c1-36-6-20-43(21-7-36)52(44-22-8-37(9-23-44)34-50(39-12-26-46(53-2)27-13-39)40-14-28-47(54-3)29-15-40)45-24-10-38(11-25-45)35-51(41-16-30-48(55-4)31-17-41)42-18-32-49(56-5)33-19-42/h6-35H,1-5H3. The van der Waals surface area contributed by atoms with Crippen LogP contribution in [0.25, 0.3) is 23.3 Å². The third-order valence-electron chi connectivity index (χ3n) is 9.82. The number of methoxy groups -OCH3 is 4. The summed E-state index contributed by atoms with van der Waals surface area (Å²) in [6.07, 6.45) is 4.46. The van der Waals surface area contributed by atoms with Gasteiger partial charge >= 0.3 is 0 Å². The van der Waals surface area contributed by atoms with Gasteiger partial charge in [-0.2, -0.15) is 0 Å². The SMILES string of the molecule is COc1ccc(C(=Cc2ccc(N(c3ccc(C)cc3)c3ccc(C=C(c4ccc(OC)cc4)c4ccc(OC)cc4)cc3)cc2)c2ccc(OC)cc2)cc1. The Bertz CT molecular complexity index is 2140. The van der Waals surface area contributed by atoms with Crippen molar-refractivity contribution in [3.05, 3.63) is 209 Å². The molecule has 5 heteroatoms. The van der Waals surface area contributed by atoms with E-state index in [0.717, 1.165) is 84.6 Å². The first-order valence-electron chi connectivity index (χ1n) is 18.5. The number of ether oxygens (including phenoxy) is 4. The van der Waals surface area contributed by atoms with Gasteiger partial charge in [0.15, 0.2) is 0 Å². The first kappa shape index (κ1) is 37.3. The molecule has 0 amide bonds. The molecule has 0 saturated heterocycles. The molecule has 0 atom stereocenters. The summed E-state index contributed by atoms with van der Waals surface area (Å²) in [4.78, 5) is 2.29. The molecule has 0 radical (unpaired) electrons. The normalized spacial score (nSPS) is 10.6. The van der Waals surface area contributed by atoms with Gasteiger partial charge in [0.1, 0.15) is 23.0 Å². The first-order chi connectivity index (χ1) is 27.4. The fourth-order valence-corrected chi connectivity index (χ4v) is 6.66. The topological polar surface area (TPSA) is 40.2 Å². The summed E-state index contributed by atoms with van der Waals surface area (Å²) in [5, 5.41) is 0. The Hall–Kier alpha value is -6.98. The molecule has 0 aliphatic rings. The van der Waals surface area contributed by atoms with Crippen LogP contribution in [0.3, 0.4) is 0 Å². The van der Waals surface area contributed by atoms with Crippen molar-refractivity contribution in [2.45, 2.75) is 6.92 Å². The van der Waals surface area contributed by atoms with Crippen LogP contribution in [0.15, 0.2) is 170 Å². The number of hydrogen-bond acceptors (Lipinski definition) is 5. The van der Waals surface area contributed by atoms with Crippen LogP contribution in [0, 0.1) is 6.92 Å². The second kappa shape index (κ2) is 17.4. The molecule has 5 nitrogen and oxygen atoms in total. The van der Waals surface area contributed by atoms with Gasteiger partial charge in [-0.15, -0.1) is 0 Å². The van der Waals surface area contributed by atoms with Crippen molar-refractivity contribution >= 4 is 40.4 Å². The van der Waals surface area contributed by atoms with Gasteiger partial charge in [-0.25, -0.2) is 0 Å². The lowest BCUT2D eigenvalue weighted by Crippen LogP contribution is -2.09. The Labute approximate surface area is 330 Å². The predicted molar refractivity (Wildman–Crippen MR) is 232 cm³/mol. The fraction of sp³-hybridized carbons (Fsp3) is 0.0980. The zero-order chi connectivity index (χ0) is 38.9. The lowest BCUT2D eigenvalue weighted by molar-refractivity contribution is 0.414. The van der Waals surface area contributed by atoms with Crippen molar-refractivity contribution in [2.24, 2.45) is 0 Å². The minimum atomic E-state index is 0.822. The summed E-state index contributed by atoms with van der Waals surface area (Å²) < 4.78 is 21.8. The summed E-state index contributed by atoms with van der Waals surface area (Å²) in [7, 11) is 6.75. The largest absolute Gasteiger partial charge is 0.497 e. The summed E-state index contributed by atoms with van der Waals surface area (Å²) in [5.41, 5.74) is 13.2. The molecule has 0 aliphatic carbocycles. The predicted octanol–water partition coefficient (Wildman–Crippen LogP) is 12.7. The van der Waals surface area contributed by atoms with Gasteiger partial charge in [-0.05, 0) is 149 Å². The van der Waals surface area contributed by atoms with Crippen LogP contribution < -0.4 is 23.8 Å². The van der Waals surface area contributed by atoms with E-state index in [2.05, 4.69) is 145 Å². The highest BCUT2D eigenvalue weighted by Crippen LogP contribution is 2.37. The smallest absolute Gasteiger partial charge is 0.118 e. The molecule has 0 fully saturated rings. The van der Waals surface area contributed by atoms with Crippen LogP contribution in [0.2, 0.25) is 0 Å². The maximum Gasteiger partial charge on any atom is 0.118 e. The molecule has 278 valence electrons. The van der Waals surface area contributed by atoms with Gasteiger partial charge in [-0.3, -0.25) is 0 Å². The molecule has 7 aromatic rings. The van der Waals surface area contributed by atoms with Crippen LogP contribution in [-0.2, 0) is 0 Å². The lowest BCUT2D eigenvalue weighted by Gasteiger charge is -2.26. The van der Waals surface area contributed by atoms with Crippen molar-refractivity contribution in [3.63, 3.8) is 0 Å². The molecule has 0 N–H and O–H groups in total. The Morgan fingerprint density at radius 3 is 0.839 bits per heavy atom. The van der Waals surface area contributed by atoms with E-state index in [-0.39, 0.29) is 0 Å². The molecular formula is C51H45NO4. The van der Waals surface area contributed by atoms with Crippen LogP contribution in [0.5, 0.6) is 23.0 Å². The van der Waals surface area contributed by atoms with Crippen molar-refractivity contribution in [1.82, 2.24) is 0 Å². The average Bonchev–Trinajstić information content (AvgIpc) is 3.26. The van der Waals surface area contributed by atoms with Crippen molar-refractivity contribution < 1.29 is 18.9 Å². The van der Waals surface area contributed by atoms with Gasteiger partial charge in [0, 0.05) is 17.1 Å². The minimum absolute atomic E-state index is 0.822. The molecule has 56 heavy (non-hydrogen) atoms. The maximum absolute atomic E-state index is 5.44. The Morgan fingerprint density at radius 2 is 0.589 bits per heavy atom. The maximum atomic E-state index is 5.44. The second-order valence-electron chi connectivity index (χ2n) is 13.4. The van der Waals surface area contributed by atoms with Gasteiger partial charge in [0.05, 0.1) is 28.4 Å². The fourth-order valence-electron chi connectivity index (χ4n) is 6.66. The highest BCUT2D eigenvalue weighted by molar-refractivity contribution is 5.93. The molecule has 0 spiro atoms. The van der Waals surface area contributed by atoms with Crippen molar-refractivity contribution in [1.29, 1.82) is 0 Å². The van der Waals surface area contributed by atoms with E-state index in [4.69, 9.17) is 18.9 Å². The highest BCUT2D eigenvalue weighted by atomic mass is 16.5. The minimum Gasteiger partial charge on any atom is -0.497 e. The van der Waals surface area contributed by atoms with E-state index >= 15 is 0 Å². The van der Waals surface area contributed by atoms with E-state index < -0.39 is 0 Å². The van der Waals surface area contributed by atoms with Gasteiger partial charge < -0.3 is 23.8 Å². The zero-order valence-corrected chi connectivity index (χ0v) is 32.4. The van der Waals surface area contributed by atoms with Gasteiger partial charge in [-0.1, -0.05) is 90.5 Å².